The van der Waals surface area contributed by atoms with E-state index in [4.69, 9.17) is 18.9 Å². The highest BCUT2D eigenvalue weighted by atomic mass is 16.7. The van der Waals surface area contributed by atoms with Crippen LogP contribution in [0.5, 0.6) is 5.88 Å². The topological polar surface area (TPSA) is 87.2 Å². The lowest BCUT2D eigenvalue weighted by Crippen LogP contribution is -2.41. The molecule has 8 heteroatoms. The number of morpholine rings is 1. The lowest BCUT2D eigenvalue weighted by molar-refractivity contribution is -0.143. The van der Waals surface area contributed by atoms with Crippen LogP contribution in [-0.4, -0.2) is 55.7 Å². The van der Waals surface area contributed by atoms with E-state index in [1.165, 1.54) is 14.2 Å². The number of carbonyl (C=O) groups is 2. The van der Waals surface area contributed by atoms with Crippen LogP contribution in [0.25, 0.3) is 0 Å². The zero-order chi connectivity index (χ0) is 17.8. The number of amides is 1. The van der Waals surface area contributed by atoms with Crippen LogP contribution in [-0.2, 0) is 30.3 Å². The fourth-order valence-electron chi connectivity index (χ4n) is 2.63. The molecule has 2 fully saturated rings. The Morgan fingerprint density at radius 3 is 2.76 bits per heavy atom. The van der Waals surface area contributed by atoms with E-state index in [0.29, 0.717) is 25.4 Å². The molecule has 2 aliphatic rings. The first-order valence-electron chi connectivity index (χ1n) is 8.25. The number of ether oxygens (including phenoxy) is 4. The molecule has 136 valence electrons. The van der Waals surface area contributed by atoms with Gasteiger partial charge in [-0.15, -0.1) is 0 Å². The largest absolute Gasteiger partial charge is 0.407 e. The highest BCUT2D eigenvalue weighted by Crippen LogP contribution is 2.31. The van der Waals surface area contributed by atoms with Gasteiger partial charge in [0.25, 0.3) is 0 Å². The number of rotatable bonds is 7. The Morgan fingerprint density at radius 2 is 2.12 bits per heavy atom. The smallest absolute Gasteiger partial charge is 0.315 e. The van der Waals surface area contributed by atoms with Gasteiger partial charge in [-0.25, -0.2) is 4.98 Å². The summed E-state index contributed by atoms with van der Waals surface area (Å²) >= 11 is 0. The lowest BCUT2D eigenvalue weighted by atomic mass is 10.1. The van der Waals surface area contributed by atoms with E-state index in [2.05, 4.69) is 4.98 Å². The number of hydrogen-bond acceptors (Lipinski definition) is 7. The molecular formula is C17H22N2O6. The van der Waals surface area contributed by atoms with Gasteiger partial charge >= 0.3 is 5.97 Å². The maximum absolute atomic E-state index is 12.0. The number of nitrogens with zero attached hydrogens (tertiary/aromatic N) is 2. The van der Waals surface area contributed by atoms with Crippen molar-refractivity contribution in [2.24, 2.45) is 5.92 Å². The van der Waals surface area contributed by atoms with Crippen LogP contribution in [0.4, 0.5) is 0 Å². The van der Waals surface area contributed by atoms with Crippen LogP contribution in [0.15, 0.2) is 12.1 Å². The molecule has 0 unspecified atom stereocenters. The third kappa shape index (κ3) is 4.33. The number of aromatic nitrogens is 1. The minimum absolute atomic E-state index is 0.0171. The van der Waals surface area contributed by atoms with Crippen molar-refractivity contribution in [2.45, 2.75) is 25.7 Å². The molecule has 1 aliphatic carbocycles. The first kappa shape index (κ1) is 17.8. The molecule has 1 aliphatic heterocycles. The molecule has 1 amide bonds. The standard InChI is InChI=1S/C17H22N2O6/c1-22-17(23-2)15-12(9-19-7-8-24-10-14(19)20)5-6-13(18-15)25-16(21)11-3-4-11/h5-6,11,17H,3-4,7-10H2,1-2H3. The summed E-state index contributed by atoms with van der Waals surface area (Å²) in [5.74, 6) is -0.145. The number of pyridine rings is 1. The summed E-state index contributed by atoms with van der Waals surface area (Å²) in [6, 6.07) is 3.41. The Hall–Kier alpha value is -2.03. The maximum Gasteiger partial charge on any atom is 0.315 e. The van der Waals surface area contributed by atoms with Crippen molar-refractivity contribution in [1.29, 1.82) is 0 Å². The van der Waals surface area contributed by atoms with Crippen molar-refractivity contribution in [3.8, 4) is 5.88 Å². The van der Waals surface area contributed by atoms with Gasteiger partial charge in [0.15, 0.2) is 0 Å². The number of esters is 1. The molecule has 25 heavy (non-hydrogen) atoms. The van der Waals surface area contributed by atoms with Crippen molar-refractivity contribution in [3.63, 3.8) is 0 Å². The number of hydrogen-bond donors (Lipinski definition) is 0. The third-order valence-corrected chi connectivity index (χ3v) is 4.20. The quantitative estimate of drug-likeness (QED) is 0.536. The van der Waals surface area contributed by atoms with Crippen LogP contribution < -0.4 is 4.74 Å². The van der Waals surface area contributed by atoms with Crippen molar-refractivity contribution in [1.82, 2.24) is 9.88 Å². The Bertz CT molecular complexity index is 642. The summed E-state index contributed by atoms with van der Waals surface area (Å²) in [6.07, 6.45) is 1.01. The van der Waals surface area contributed by atoms with Gasteiger partial charge in [0.2, 0.25) is 18.1 Å². The Morgan fingerprint density at radius 1 is 1.36 bits per heavy atom. The second kappa shape index (κ2) is 7.90. The molecular weight excluding hydrogens is 328 g/mol. The van der Waals surface area contributed by atoms with Gasteiger partial charge in [0.05, 0.1) is 12.5 Å². The lowest BCUT2D eigenvalue weighted by Gasteiger charge is -2.28. The molecule has 3 rings (SSSR count). The molecule has 0 aromatic carbocycles. The van der Waals surface area contributed by atoms with Crippen LogP contribution in [0.2, 0.25) is 0 Å². The molecule has 1 saturated carbocycles. The normalized spacial score (nSPS) is 17.9. The van der Waals surface area contributed by atoms with Gasteiger partial charge in [-0.2, -0.15) is 0 Å². The van der Waals surface area contributed by atoms with Crippen molar-refractivity contribution >= 4 is 11.9 Å². The molecule has 0 N–H and O–H groups in total. The molecule has 1 saturated heterocycles. The van der Waals surface area contributed by atoms with Gasteiger partial charge in [-0.3, -0.25) is 9.59 Å². The molecule has 8 nitrogen and oxygen atoms in total. The molecule has 0 atom stereocenters. The maximum atomic E-state index is 12.0. The van der Waals surface area contributed by atoms with Crippen LogP contribution in [0.1, 0.15) is 30.4 Å². The average Bonchev–Trinajstić information content (AvgIpc) is 3.45. The van der Waals surface area contributed by atoms with E-state index in [0.717, 1.165) is 18.4 Å². The molecule has 1 aromatic rings. The van der Waals surface area contributed by atoms with E-state index in [9.17, 15) is 9.59 Å². The molecule has 0 spiro atoms. The first-order valence-corrected chi connectivity index (χ1v) is 8.25. The summed E-state index contributed by atoms with van der Waals surface area (Å²) in [6.45, 7) is 1.47. The molecule has 0 radical (unpaired) electrons. The molecule has 2 heterocycles. The summed E-state index contributed by atoms with van der Waals surface area (Å²) in [5, 5.41) is 0. The van der Waals surface area contributed by atoms with E-state index in [1.54, 1.807) is 17.0 Å². The van der Waals surface area contributed by atoms with Gasteiger partial charge in [-0.05, 0) is 24.5 Å². The summed E-state index contributed by atoms with van der Waals surface area (Å²) in [5.41, 5.74) is 1.26. The van der Waals surface area contributed by atoms with Crippen LogP contribution in [0.3, 0.4) is 0 Å². The van der Waals surface area contributed by atoms with Crippen LogP contribution >= 0.6 is 0 Å². The minimum Gasteiger partial charge on any atom is -0.407 e. The van der Waals surface area contributed by atoms with Gasteiger partial charge in [0, 0.05) is 33.4 Å². The zero-order valence-electron chi connectivity index (χ0n) is 14.4. The molecule has 1 aromatic heterocycles. The molecule has 0 bridgehead atoms. The van der Waals surface area contributed by atoms with E-state index >= 15 is 0 Å². The first-order chi connectivity index (χ1) is 12.1. The summed E-state index contributed by atoms with van der Waals surface area (Å²) in [4.78, 5) is 29.9. The summed E-state index contributed by atoms with van der Waals surface area (Å²) < 4.78 is 21.1. The Kier molecular flexibility index (Phi) is 5.62. The third-order valence-electron chi connectivity index (χ3n) is 4.20. The zero-order valence-corrected chi connectivity index (χ0v) is 14.4. The second-order valence-electron chi connectivity index (χ2n) is 6.06. The van der Waals surface area contributed by atoms with E-state index in [-0.39, 0.29) is 30.3 Å². The minimum atomic E-state index is -0.717. The van der Waals surface area contributed by atoms with E-state index in [1.807, 2.05) is 0 Å². The number of carbonyl (C=O) groups excluding carboxylic acids is 2. The van der Waals surface area contributed by atoms with Crippen molar-refractivity contribution in [3.05, 3.63) is 23.4 Å². The summed E-state index contributed by atoms with van der Waals surface area (Å²) in [7, 11) is 3.00. The fourth-order valence-corrected chi connectivity index (χ4v) is 2.63. The van der Waals surface area contributed by atoms with E-state index < -0.39 is 6.29 Å². The highest BCUT2D eigenvalue weighted by molar-refractivity contribution is 5.78. The Labute approximate surface area is 146 Å². The second-order valence-corrected chi connectivity index (χ2v) is 6.06. The monoisotopic (exact) mass is 350 g/mol. The van der Waals surface area contributed by atoms with Crippen molar-refractivity contribution < 1.29 is 28.5 Å². The van der Waals surface area contributed by atoms with Gasteiger partial charge in [0.1, 0.15) is 12.3 Å². The van der Waals surface area contributed by atoms with Crippen LogP contribution in [0, 0.1) is 5.92 Å². The predicted octanol–water partition coefficient (Wildman–Crippen LogP) is 1.05. The highest BCUT2D eigenvalue weighted by Gasteiger charge is 2.32. The SMILES string of the molecule is COC(OC)c1nc(OC(=O)C2CC2)ccc1CN1CCOCC1=O. The fraction of sp³-hybridized carbons (Fsp3) is 0.588. The van der Waals surface area contributed by atoms with Gasteiger partial charge < -0.3 is 23.8 Å². The number of methoxy groups -OCH3 is 2. The van der Waals surface area contributed by atoms with Gasteiger partial charge in [-0.1, -0.05) is 0 Å². The van der Waals surface area contributed by atoms with Crippen molar-refractivity contribution in [2.75, 3.05) is 34.0 Å². The average molecular weight is 350 g/mol. The Balaban J connectivity index is 1.82. The predicted molar refractivity (Wildman–Crippen MR) is 85.6 cm³/mol.